The fraction of sp³-hybridized carbons (Fsp3) is 0.458. The molecule has 1 aliphatic heterocycles. The highest BCUT2D eigenvalue weighted by atomic mass is 32.1. The zero-order valence-corrected chi connectivity index (χ0v) is 18.3. The van der Waals surface area contributed by atoms with E-state index in [0.29, 0.717) is 12.5 Å². The second-order valence-corrected chi connectivity index (χ2v) is 9.29. The van der Waals surface area contributed by atoms with Crippen molar-refractivity contribution in [3.05, 3.63) is 46.8 Å². The molecular weight excluding hydrogens is 378 g/mol. The average molecular weight is 411 g/mol. The second-order valence-electron chi connectivity index (χ2n) is 8.35. The van der Waals surface area contributed by atoms with E-state index in [0.717, 1.165) is 24.8 Å². The molecule has 0 atom stereocenters. The molecular formula is C24H32N3OS+. The summed E-state index contributed by atoms with van der Waals surface area (Å²) in [5, 5.41) is 6.65. The van der Waals surface area contributed by atoms with Crippen LogP contribution in [0.3, 0.4) is 0 Å². The molecule has 1 amide bonds. The molecule has 0 radical (unpaired) electrons. The van der Waals surface area contributed by atoms with Crippen molar-refractivity contribution in [1.82, 2.24) is 10.3 Å². The van der Waals surface area contributed by atoms with Gasteiger partial charge in [0, 0.05) is 36.2 Å². The van der Waals surface area contributed by atoms with Gasteiger partial charge in [-0.05, 0) is 48.9 Å². The van der Waals surface area contributed by atoms with E-state index in [1.54, 1.807) is 16.2 Å². The molecule has 0 spiro atoms. The van der Waals surface area contributed by atoms with Crippen molar-refractivity contribution in [3.63, 3.8) is 0 Å². The summed E-state index contributed by atoms with van der Waals surface area (Å²) in [6, 6.07) is 11.1. The van der Waals surface area contributed by atoms with E-state index >= 15 is 0 Å². The van der Waals surface area contributed by atoms with E-state index in [-0.39, 0.29) is 5.91 Å². The van der Waals surface area contributed by atoms with Crippen LogP contribution in [0.5, 0.6) is 0 Å². The number of quaternary nitrogens is 1. The van der Waals surface area contributed by atoms with E-state index in [4.69, 9.17) is 0 Å². The molecule has 29 heavy (non-hydrogen) atoms. The van der Waals surface area contributed by atoms with Crippen LogP contribution in [0.25, 0.3) is 21.5 Å². The summed E-state index contributed by atoms with van der Waals surface area (Å²) in [5.41, 5.74) is 4.84. The molecule has 1 aliphatic rings. The van der Waals surface area contributed by atoms with E-state index in [1.807, 2.05) is 0 Å². The van der Waals surface area contributed by atoms with Gasteiger partial charge < -0.3 is 15.2 Å². The Morgan fingerprint density at radius 3 is 2.83 bits per heavy atom. The predicted molar refractivity (Wildman–Crippen MR) is 122 cm³/mol. The van der Waals surface area contributed by atoms with Crippen molar-refractivity contribution in [2.45, 2.75) is 52.0 Å². The standard InChI is InChI=1S/C24H31N3OS/c1-3-12-27-13-10-18(11-14-27)25-23(28)9-7-19-20-16-17(2)6-8-21(20)26-24(19)22-5-4-15-29-22/h4-6,8,15-16,18,26H,3,7,9-14H2,1-2H3,(H,25,28)/p+1. The lowest BCUT2D eigenvalue weighted by Gasteiger charge is -2.29. The summed E-state index contributed by atoms with van der Waals surface area (Å²) in [7, 11) is 0. The minimum atomic E-state index is 0.188. The SMILES string of the molecule is CCC[NH+]1CCC(NC(=O)CCc2c(-c3cccs3)[nH]c3ccc(C)cc23)CC1. The predicted octanol–water partition coefficient (Wildman–Crippen LogP) is 3.71. The number of nitrogens with one attached hydrogen (secondary N) is 3. The Hall–Kier alpha value is -2.11. The van der Waals surface area contributed by atoms with E-state index < -0.39 is 0 Å². The summed E-state index contributed by atoms with van der Waals surface area (Å²) < 4.78 is 0. The number of hydrogen-bond donors (Lipinski definition) is 3. The zero-order valence-electron chi connectivity index (χ0n) is 17.5. The van der Waals surface area contributed by atoms with Gasteiger partial charge in [0.05, 0.1) is 30.2 Å². The van der Waals surface area contributed by atoms with Crippen LogP contribution in [-0.2, 0) is 11.2 Å². The summed E-state index contributed by atoms with van der Waals surface area (Å²) in [6.45, 7) is 8.00. The maximum absolute atomic E-state index is 12.7. The lowest BCUT2D eigenvalue weighted by Crippen LogP contribution is -3.13. The first-order chi connectivity index (χ1) is 14.1. The van der Waals surface area contributed by atoms with Gasteiger partial charge in [-0.15, -0.1) is 11.3 Å². The Labute approximate surface area is 177 Å². The number of aromatic nitrogens is 1. The van der Waals surface area contributed by atoms with Crippen LogP contribution < -0.4 is 10.2 Å². The maximum atomic E-state index is 12.7. The van der Waals surface area contributed by atoms with Crippen molar-refractivity contribution in [2.75, 3.05) is 19.6 Å². The van der Waals surface area contributed by atoms with Gasteiger partial charge in [-0.2, -0.15) is 0 Å². The highest BCUT2D eigenvalue weighted by molar-refractivity contribution is 7.13. The van der Waals surface area contributed by atoms with Gasteiger partial charge >= 0.3 is 0 Å². The third-order valence-electron chi connectivity index (χ3n) is 6.09. The summed E-state index contributed by atoms with van der Waals surface area (Å²) in [6.07, 6.45) is 4.76. The van der Waals surface area contributed by atoms with Gasteiger partial charge in [0.25, 0.3) is 0 Å². The topological polar surface area (TPSA) is 49.3 Å². The number of rotatable bonds is 7. The quantitative estimate of drug-likeness (QED) is 0.546. The van der Waals surface area contributed by atoms with Gasteiger partial charge in [-0.1, -0.05) is 24.6 Å². The number of H-pyrrole nitrogens is 1. The minimum absolute atomic E-state index is 0.188. The molecule has 3 N–H and O–H groups in total. The largest absolute Gasteiger partial charge is 0.354 e. The molecule has 0 aliphatic carbocycles. The van der Waals surface area contributed by atoms with Crippen molar-refractivity contribution in [3.8, 4) is 10.6 Å². The lowest BCUT2D eigenvalue weighted by molar-refractivity contribution is -0.905. The number of thiophene rings is 1. The first-order valence-electron chi connectivity index (χ1n) is 10.9. The van der Waals surface area contributed by atoms with E-state index in [2.05, 4.69) is 59.9 Å². The third-order valence-corrected chi connectivity index (χ3v) is 6.98. The normalized spacial score (nSPS) is 19.5. The van der Waals surface area contributed by atoms with Gasteiger partial charge in [0.1, 0.15) is 0 Å². The summed E-state index contributed by atoms with van der Waals surface area (Å²) >= 11 is 1.74. The number of carbonyl (C=O) groups excluding carboxylic acids is 1. The van der Waals surface area contributed by atoms with Crippen molar-refractivity contribution < 1.29 is 9.69 Å². The molecule has 1 saturated heterocycles. The number of benzene rings is 1. The molecule has 0 bridgehead atoms. The molecule has 1 aromatic carbocycles. The Balaban J connectivity index is 1.43. The molecule has 0 saturated carbocycles. The number of fused-ring (bicyclic) bond motifs is 1. The zero-order chi connectivity index (χ0) is 20.2. The van der Waals surface area contributed by atoms with E-state index in [9.17, 15) is 4.79 Å². The Morgan fingerprint density at radius 1 is 1.28 bits per heavy atom. The Bertz CT molecular complexity index is 952. The number of carbonyl (C=O) groups is 1. The molecule has 154 valence electrons. The van der Waals surface area contributed by atoms with Crippen LogP contribution >= 0.6 is 11.3 Å². The molecule has 2 aromatic heterocycles. The molecule has 3 aromatic rings. The van der Waals surface area contributed by atoms with Crippen molar-refractivity contribution in [1.29, 1.82) is 0 Å². The van der Waals surface area contributed by atoms with Gasteiger partial charge in [0.15, 0.2) is 0 Å². The fourth-order valence-corrected chi connectivity index (χ4v) is 5.32. The number of likely N-dealkylation sites (tertiary alicyclic amines) is 1. The smallest absolute Gasteiger partial charge is 0.220 e. The maximum Gasteiger partial charge on any atom is 0.220 e. The number of amides is 1. The van der Waals surface area contributed by atoms with Crippen molar-refractivity contribution in [2.24, 2.45) is 0 Å². The van der Waals surface area contributed by atoms with Crippen LogP contribution in [0, 0.1) is 6.92 Å². The van der Waals surface area contributed by atoms with Crippen LogP contribution in [0.2, 0.25) is 0 Å². The lowest BCUT2D eigenvalue weighted by atomic mass is 10.0. The second kappa shape index (κ2) is 9.14. The molecule has 3 heterocycles. The van der Waals surface area contributed by atoms with Gasteiger partial charge in [-0.3, -0.25) is 4.79 Å². The van der Waals surface area contributed by atoms with Crippen LogP contribution in [0.1, 0.15) is 43.7 Å². The molecule has 4 rings (SSSR count). The highest BCUT2D eigenvalue weighted by Gasteiger charge is 2.23. The molecule has 5 heteroatoms. The third kappa shape index (κ3) is 4.73. The monoisotopic (exact) mass is 410 g/mol. The Morgan fingerprint density at radius 2 is 2.10 bits per heavy atom. The Kier molecular flexibility index (Phi) is 6.36. The van der Waals surface area contributed by atoms with E-state index in [1.165, 1.54) is 53.1 Å². The van der Waals surface area contributed by atoms with Crippen LogP contribution in [-0.4, -0.2) is 36.6 Å². The number of aromatic amines is 1. The highest BCUT2D eigenvalue weighted by Crippen LogP contribution is 2.34. The average Bonchev–Trinajstić information content (AvgIpc) is 3.36. The van der Waals surface area contributed by atoms with Gasteiger partial charge in [-0.25, -0.2) is 0 Å². The van der Waals surface area contributed by atoms with Crippen molar-refractivity contribution >= 4 is 28.1 Å². The number of aryl methyl sites for hydroxylation is 2. The summed E-state index contributed by atoms with van der Waals surface area (Å²) in [4.78, 5) is 19.2. The molecule has 4 nitrogen and oxygen atoms in total. The van der Waals surface area contributed by atoms with Gasteiger partial charge in [0.2, 0.25) is 5.91 Å². The first kappa shape index (κ1) is 20.2. The number of piperidine rings is 1. The van der Waals surface area contributed by atoms with Crippen LogP contribution in [0.4, 0.5) is 0 Å². The fourth-order valence-electron chi connectivity index (χ4n) is 4.56. The first-order valence-corrected chi connectivity index (χ1v) is 11.8. The minimum Gasteiger partial charge on any atom is -0.354 e. The molecule has 0 unspecified atom stereocenters. The number of hydrogen-bond acceptors (Lipinski definition) is 2. The molecule has 1 fully saturated rings. The summed E-state index contributed by atoms with van der Waals surface area (Å²) in [5.74, 6) is 0.188. The van der Waals surface area contributed by atoms with Crippen LogP contribution in [0.15, 0.2) is 35.7 Å².